The predicted octanol–water partition coefficient (Wildman–Crippen LogP) is 1.04. The van der Waals surface area contributed by atoms with Gasteiger partial charge in [0.1, 0.15) is 11.7 Å². The van der Waals surface area contributed by atoms with E-state index in [0.29, 0.717) is 13.0 Å². The van der Waals surface area contributed by atoms with Crippen molar-refractivity contribution in [2.24, 2.45) is 5.92 Å². The maximum absolute atomic E-state index is 13.8. The summed E-state index contributed by atoms with van der Waals surface area (Å²) in [4.78, 5) is 36.7. The molecule has 0 radical (unpaired) electrons. The Bertz CT molecular complexity index is 904. The van der Waals surface area contributed by atoms with Gasteiger partial charge < -0.3 is 21.1 Å². The van der Waals surface area contributed by atoms with Gasteiger partial charge in [-0.05, 0) is 24.1 Å². The molecular weight excluding hydrogens is 377 g/mol. The highest BCUT2D eigenvalue weighted by Crippen LogP contribution is 2.16. The van der Waals surface area contributed by atoms with Gasteiger partial charge in [-0.2, -0.15) is 0 Å². The highest BCUT2D eigenvalue weighted by Gasteiger charge is 2.32. The van der Waals surface area contributed by atoms with E-state index in [9.17, 15) is 18.8 Å². The molecule has 0 saturated carbocycles. The molecule has 7 nitrogen and oxygen atoms in total. The third-order valence-corrected chi connectivity index (χ3v) is 4.84. The maximum Gasteiger partial charge on any atom is 0.251 e. The number of nitrogens with one attached hydrogen (secondary N) is 3. The number of aliphatic hydroxyl groups is 1. The molecule has 0 spiro atoms. The molecule has 2 aromatic rings. The molecule has 2 unspecified atom stereocenters. The summed E-state index contributed by atoms with van der Waals surface area (Å²) in [6, 6.07) is 12.3. The molecule has 3 amide bonds. The van der Waals surface area contributed by atoms with Crippen molar-refractivity contribution in [2.45, 2.75) is 19.1 Å². The van der Waals surface area contributed by atoms with Crippen LogP contribution in [0.4, 0.5) is 4.39 Å². The lowest BCUT2D eigenvalue weighted by molar-refractivity contribution is -0.133. The smallest absolute Gasteiger partial charge is 0.251 e. The van der Waals surface area contributed by atoms with Gasteiger partial charge in [-0.3, -0.25) is 14.4 Å². The molecule has 1 aliphatic heterocycles. The van der Waals surface area contributed by atoms with E-state index in [4.69, 9.17) is 5.11 Å². The van der Waals surface area contributed by atoms with Crippen molar-refractivity contribution in [3.8, 4) is 0 Å². The lowest BCUT2D eigenvalue weighted by atomic mass is 10.0. The van der Waals surface area contributed by atoms with Gasteiger partial charge >= 0.3 is 0 Å². The fourth-order valence-corrected chi connectivity index (χ4v) is 3.17. The Hall–Kier alpha value is -3.26. The Labute approximate surface area is 167 Å². The molecule has 0 aliphatic carbocycles. The SMILES string of the molecule is O=C(NCC(NC(=O)C1CCNC1=O)c1ccccc1)c1ccc(CO)c(F)c1. The summed E-state index contributed by atoms with van der Waals surface area (Å²) in [7, 11) is 0. The van der Waals surface area contributed by atoms with Crippen LogP contribution in [0.15, 0.2) is 48.5 Å². The van der Waals surface area contributed by atoms with E-state index in [-0.39, 0.29) is 23.6 Å². The number of halogens is 1. The lowest BCUT2D eigenvalue weighted by Crippen LogP contribution is -2.42. The fraction of sp³-hybridized carbons (Fsp3) is 0.286. The monoisotopic (exact) mass is 399 g/mol. The summed E-state index contributed by atoms with van der Waals surface area (Å²) < 4.78 is 13.8. The van der Waals surface area contributed by atoms with Crippen molar-refractivity contribution >= 4 is 17.7 Å². The molecule has 8 heteroatoms. The minimum absolute atomic E-state index is 0.0618. The summed E-state index contributed by atoms with van der Waals surface area (Å²) in [6.45, 7) is 0.0654. The van der Waals surface area contributed by atoms with Gasteiger partial charge in [-0.15, -0.1) is 0 Å². The molecular formula is C21H22FN3O4. The molecule has 29 heavy (non-hydrogen) atoms. The molecule has 0 aromatic heterocycles. The van der Waals surface area contributed by atoms with E-state index < -0.39 is 36.2 Å². The van der Waals surface area contributed by atoms with Gasteiger partial charge in [0.25, 0.3) is 5.91 Å². The van der Waals surface area contributed by atoms with Gasteiger partial charge in [0, 0.05) is 24.2 Å². The van der Waals surface area contributed by atoms with E-state index in [1.807, 2.05) is 30.3 Å². The Morgan fingerprint density at radius 1 is 1.21 bits per heavy atom. The van der Waals surface area contributed by atoms with Crippen LogP contribution in [0.5, 0.6) is 0 Å². The molecule has 1 saturated heterocycles. The minimum Gasteiger partial charge on any atom is -0.392 e. The topological polar surface area (TPSA) is 108 Å². The minimum atomic E-state index is -0.753. The van der Waals surface area contributed by atoms with E-state index in [1.54, 1.807) is 0 Å². The van der Waals surface area contributed by atoms with Gasteiger partial charge in [-0.25, -0.2) is 4.39 Å². The highest BCUT2D eigenvalue weighted by atomic mass is 19.1. The van der Waals surface area contributed by atoms with Gasteiger partial charge in [0.15, 0.2) is 0 Å². The Kier molecular flexibility index (Phi) is 6.56. The number of amides is 3. The number of carbonyl (C=O) groups is 3. The Balaban J connectivity index is 1.70. The van der Waals surface area contributed by atoms with Crippen molar-refractivity contribution in [3.63, 3.8) is 0 Å². The second-order valence-corrected chi connectivity index (χ2v) is 6.78. The van der Waals surface area contributed by atoms with E-state index in [0.717, 1.165) is 11.6 Å². The van der Waals surface area contributed by atoms with Crippen LogP contribution in [0.1, 0.15) is 33.9 Å². The highest BCUT2D eigenvalue weighted by molar-refractivity contribution is 6.01. The van der Waals surface area contributed by atoms with Gasteiger partial charge in [0.2, 0.25) is 11.8 Å². The summed E-state index contributed by atoms with van der Waals surface area (Å²) in [6.07, 6.45) is 0.426. The number of rotatable bonds is 7. The number of hydrogen-bond acceptors (Lipinski definition) is 4. The van der Waals surface area contributed by atoms with Crippen LogP contribution in [0.2, 0.25) is 0 Å². The summed E-state index contributed by atoms with van der Waals surface area (Å²) in [5, 5.41) is 17.2. The number of hydrogen-bond donors (Lipinski definition) is 4. The number of benzene rings is 2. The molecule has 152 valence electrons. The Morgan fingerprint density at radius 2 is 1.97 bits per heavy atom. The standard InChI is InChI=1S/C21H22FN3O4/c22-17-10-14(6-7-15(17)12-26)19(27)24-11-18(13-4-2-1-3-5-13)25-21(29)16-8-9-23-20(16)28/h1-7,10,16,18,26H,8-9,11-12H2,(H,23,28)(H,24,27)(H,25,29). The first-order valence-corrected chi connectivity index (χ1v) is 9.30. The van der Waals surface area contributed by atoms with Gasteiger partial charge in [-0.1, -0.05) is 36.4 Å². The van der Waals surface area contributed by atoms with Crippen molar-refractivity contribution in [2.75, 3.05) is 13.1 Å². The summed E-state index contributed by atoms with van der Waals surface area (Å²) in [5.41, 5.74) is 0.972. The molecule has 4 N–H and O–H groups in total. The first kappa shape index (κ1) is 20.5. The maximum atomic E-state index is 13.8. The number of aliphatic hydroxyl groups excluding tert-OH is 1. The molecule has 0 bridgehead atoms. The third-order valence-electron chi connectivity index (χ3n) is 4.84. The average Bonchev–Trinajstić information content (AvgIpc) is 3.17. The van der Waals surface area contributed by atoms with Crippen LogP contribution < -0.4 is 16.0 Å². The van der Waals surface area contributed by atoms with Crippen molar-refractivity contribution < 1.29 is 23.9 Å². The second-order valence-electron chi connectivity index (χ2n) is 6.78. The van der Waals surface area contributed by atoms with Crippen LogP contribution in [-0.2, 0) is 16.2 Å². The quantitative estimate of drug-likeness (QED) is 0.522. The second kappa shape index (κ2) is 9.29. The largest absolute Gasteiger partial charge is 0.392 e. The van der Waals surface area contributed by atoms with E-state index in [1.165, 1.54) is 12.1 Å². The van der Waals surface area contributed by atoms with Crippen molar-refractivity contribution in [1.29, 1.82) is 0 Å². The average molecular weight is 399 g/mol. The molecule has 1 aliphatic rings. The van der Waals surface area contributed by atoms with Crippen molar-refractivity contribution in [1.82, 2.24) is 16.0 Å². The predicted molar refractivity (Wildman–Crippen MR) is 103 cm³/mol. The normalized spacial score (nSPS) is 16.8. The fourth-order valence-electron chi connectivity index (χ4n) is 3.17. The summed E-state index contributed by atoms with van der Waals surface area (Å²) >= 11 is 0. The van der Waals surface area contributed by atoms with E-state index in [2.05, 4.69) is 16.0 Å². The molecule has 1 fully saturated rings. The van der Waals surface area contributed by atoms with Crippen LogP contribution in [0.3, 0.4) is 0 Å². The third kappa shape index (κ3) is 4.97. The zero-order valence-electron chi connectivity index (χ0n) is 15.7. The first-order valence-electron chi connectivity index (χ1n) is 9.30. The number of carbonyl (C=O) groups excluding carboxylic acids is 3. The van der Waals surface area contributed by atoms with E-state index >= 15 is 0 Å². The van der Waals surface area contributed by atoms with Crippen LogP contribution in [0.25, 0.3) is 0 Å². The molecule has 2 atom stereocenters. The zero-order chi connectivity index (χ0) is 20.8. The summed E-state index contributed by atoms with van der Waals surface area (Å²) in [5.74, 6) is -2.64. The zero-order valence-corrected chi connectivity index (χ0v) is 15.7. The first-order chi connectivity index (χ1) is 14.0. The lowest BCUT2D eigenvalue weighted by Gasteiger charge is -2.21. The van der Waals surface area contributed by atoms with Crippen LogP contribution in [-0.4, -0.2) is 35.9 Å². The molecule has 2 aromatic carbocycles. The van der Waals surface area contributed by atoms with Crippen LogP contribution in [0, 0.1) is 11.7 Å². The van der Waals surface area contributed by atoms with Crippen LogP contribution >= 0.6 is 0 Å². The van der Waals surface area contributed by atoms with Gasteiger partial charge in [0.05, 0.1) is 12.6 Å². The molecule has 1 heterocycles. The molecule has 3 rings (SSSR count). The Morgan fingerprint density at radius 3 is 2.59 bits per heavy atom. The van der Waals surface area contributed by atoms with Crippen molar-refractivity contribution in [3.05, 3.63) is 71.0 Å².